The number of fused-ring (bicyclic) bond motifs is 1. The molecule has 0 aromatic heterocycles. The fraction of sp³-hybridized carbons (Fsp3) is 0.667. The minimum atomic E-state index is 0.545. The van der Waals surface area contributed by atoms with E-state index in [1.165, 1.54) is 56.0 Å². The molecule has 1 aromatic carbocycles. The molecule has 2 heterocycles. The standard InChI is InChI=1S/C18H30N4/c1-4-7-21-8-10-22(11-9-21)18-14-19-13-15-12-16(20(2)3)5-6-17(15)18/h5-6,12,18-19H,4,7-11,13-14H2,1-3H3/t18-/m0/s1. The molecule has 2 aliphatic rings. The molecule has 1 atom stereocenters. The van der Waals surface area contributed by atoms with Gasteiger partial charge in [-0.25, -0.2) is 0 Å². The first-order chi connectivity index (χ1) is 10.7. The molecule has 0 spiro atoms. The lowest BCUT2D eigenvalue weighted by molar-refractivity contribution is 0.0918. The predicted octanol–water partition coefficient (Wildman–Crippen LogP) is 1.92. The highest BCUT2D eigenvalue weighted by Gasteiger charge is 2.28. The first-order valence-corrected chi connectivity index (χ1v) is 8.66. The van der Waals surface area contributed by atoms with Crippen LogP contribution < -0.4 is 10.2 Å². The van der Waals surface area contributed by atoms with E-state index >= 15 is 0 Å². The molecule has 0 unspecified atom stereocenters. The summed E-state index contributed by atoms with van der Waals surface area (Å²) in [5, 5.41) is 3.62. The molecule has 3 rings (SSSR count). The number of rotatable bonds is 4. The molecule has 0 aliphatic carbocycles. The molecule has 4 heteroatoms. The van der Waals surface area contributed by atoms with Crippen LogP contribution in [-0.2, 0) is 6.54 Å². The van der Waals surface area contributed by atoms with Gasteiger partial charge in [0.2, 0.25) is 0 Å². The van der Waals surface area contributed by atoms with Crippen LogP contribution in [0.4, 0.5) is 5.69 Å². The molecule has 0 saturated carbocycles. The van der Waals surface area contributed by atoms with E-state index in [0.717, 1.165) is 13.1 Å². The Labute approximate surface area is 135 Å². The molecule has 1 aromatic rings. The first kappa shape index (κ1) is 15.8. The molecule has 0 amide bonds. The largest absolute Gasteiger partial charge is 0.378 e. The molecule has 1 fully saturated rings. The highest BCUT2D eigenvalue weighted by Crippen LogP contribution is 2.30. The van der Waals surface area contributed by atoms with E-state index in [4.69, 9.17) is 0 Å². The van der Waals surface area contributed by atoms with Crippen molar-refractivity contribution in [2.75, 3.05) is 58.3 Å². The van der Waals surface area contributed by atoms with Crippen molar-refractivity contribution in [3.63, 3.8) is 0 Å². The number of anilines is 1. The summed E-state index contributed by atoms with van der Waals surface area (Å²) >= 11 is 0. The number of benzene rings is 1. The summed E-state index contributed by atoms with van der Waals surface area (Å²) in [5.74, 6) is 0. The van der Waals surface area contributed by atoms with Crippen LogP contribution in [0.3, 0.4) is 0 Å². The third-order valence-electron chi connectivity index (χ3n) is 5.04. The van der Waals surface area contributed by atoms with Crippen LogP contribution in [-0.4, -0.2) is 63.2 Å². The molecule has 2 aliphatic heterocycles. The quantitative estimate of drug-likeness (QED) is 0.917. The lowest BCUT2D eigenvalue weighted by atomic mass is 9.94. The van der Waals surface area contributed by atoms with Crippen LogP contribution in [0, 0.1) is 0 Å². The Morgan fingerprint density at radius 2 is 1.95 bits per heavy atom. The fourth-order valence-corrected chi connectivity index (χ4v) is 3.74. The minimum absolute atomic E-state index is 0.545. The normalized spacial score (nSPS) is 23.3. The van der Waals surface area contributed by atoms with Gasteiger partial charge in [0.15, 0.2) is 0 Å². The van der Waals surface area contributed by atoms with E-state index in [1.807, 2.05) is 0 Å². The molecule has 4 nitrogen and oxygen atoms in total. The van der Waals surface area contributed by atoms with Crippen LogP contribution >= 0.6 is 0 Å². The summed E-state index contributed by atoms with van der Waals surface area (Å²) in [6.07, 6.45) is 1.27. The molecule has 122 valence electrons. The summed E-state index contributed by atoms with van der Waals surface area (Å²) in [6.45, 7) is 10.4. The zero-order valence-electron chi connectivity index (χ0n) is 14.3. The number of nitrogens with zero attached hydrogens (tertiary/aromatic N) is 3. The average Bonchev–Trinajstić information content (AvgIpc) is 2.55. The third-order valence-corrected chi connectivity index (χ3v) is 5.04. The molecule has 1 N–H and O–H groups in total. The van der Waals surface area contributed by atoms with Crippen LogP contribution in [0.15, 0.2) is 18.2 Å². The van der Waals surface area contributed by atoms with Crippen molar-refractivity contribution in [1.29, 1.82) is 0 Å². The van der Waals surface area contributed by atoms with Crippen LogP contribution in [0.5, 0.6) is 0 Å². The van der Waals surface area contributed by atoms with Crippen molar-refractivity contribution in [2.24, 2.45) is 0 Å². The Hall–Kier alpha value is -1.10. The van der Waals surface area contributed by atoms with Crippen molar-refractivity contribution in [1.82, 2.24) is 15.1 Å². The second-order valence-electron chi connectivity index (χ2n) is 6.80. The zero-order valence-corrected chi connectivity index (χ0v) is 14.3. The Bertz CT molecular complexity index is 492. The molecule has 1 saturated heterocycles. The topological polar surface area (TPSA) is 21.8 Å². The van der Waals surface area contributed by atoms with E-state index in [1.54, 1.807) is 0 Å². The third kappa shape index (κ3) is 3.29. The van der Waals surface area contributed by atoms with Gasteiger partial charge in [0.05, 0.1) is 0 Å². The maximum absolute atomic E-state index is 3.62. The van der Waals surface area contributed by atoms with Gasteiger partial charge in [0.1, 0.15) is 0 Å². The molecule has 0 radical (unpaired) electrons. The first-order valence-electron chi connectivity index (χ1n) is 8.66. The van der Waals surface area contributed by atoms with Gasteiger partial charge in [-0.3, -0.25) is 4.90 Å². The zero-order chi connectivity index (χ0) is 15.5. The fourth-order valence-electron chi connectivity index (χ4n) is 3.74. The van der Waals surface area contributed by atoms with Crippen molar-refractivity contribution in [3.05, 3.63) is 29.3 Å². The lowest BCUT2D eigenvalue weighted by Gasteiger charge is -2.41. The SMILES string of the molecule is CCCN1CCN([C@H]2CNCc3cc(N(C)C)ccc32)CC1. The van der Waals surface area contributed by atoms with Gasteiger partial charge in [-0.2, -0.15) is 0 Å². The average molecular weight is 302 g/mol. The van der Waals surface area contributed by atoms with Crippen LogP contribution in [0.1, 0.15) is 30.5 Å². The van der Waals surface area contributed by atoms with E-state index in [2.05, 4.69) is 59.2 Å². The maximum atomic E-state index is 3.62. The van der Waals surface area contributed by atoms with Crippen molar-refractivity contribution in [3.8, 4) is 0 Å². The van der Waals surface area contributed by atoms with Gasteiger partial charge in [-0.15, -0.1) is 0 Å². The predicted molar refractivity (Wildman–Crippen MR) is 93.5 cm³/mol. The lowest BCUT2D eigenvalue weighted by Crippen LogP contribution is -2.50. The van der Waals surface area contributed by atoms with Gasteiger partial charge in [0.25, 0.3) is 0 Å². The summed E-state index contributed by atoms with van der Waals surface area (Å²) in [6, 6.07) is 7.52. The van der Waals surface area contributed by atoms with Crippen LogP contribution in [0.2, 0.25) is 0 Å². The minimum Gasteiger partial charge on any atom is -0.378 e. The molecular weight excluding hydrogens is 272 g/mol. The highest BCUT2D eigenvalue weighted by atomic mass is 15.3. The Kier molecular flexibility index (Phi) is 5.01. The monoisotopic (exact) mass is 302 g/mol. The number of piperazine rings is 1. The highest BCUT2D eigenvalue weighted by molar-refractivity contribution is 5.51. The second kappa shape index (κ2) is 6.99. The van der Waals surface area contributed by atoms with E-state index in [9.17, 15) is 0 Å². The second-order valence-corrected chi connectivity index (χ2v) is 6.80. The number of nitrogens with one attached hydrogen (secondary N) is 1. The van der Waals surface area contributed by atoms with Gasteiger partial charge < -0.3 is 15.1 Å². The summed E-state index contributed by atoms with van der Waals surface area (Å²) < 4.78 is 0. The molecule has 22 heavy (non-hydrogen) atoms. The maximum Gasteiger partial charge on any atom is 0.0477 e. The van der Waals surface area contributed by atoms with Crippen LogP contribution in [0.25, 0.3) is 0 Å². The van der Waals surface area contributed by atoms with Gasteiger partial charge in [-0.1, -0.05) is 13.0 Å². The number of hydrogen-bond acceptors (Lipinski definition) is 4. The molecular formula is C18H30N4. The Balaban J connectivity index is 1.72. The summed E-state index contributed by atoms with van der Waals surface area (Å²) in [7, 11) is 4.23. The van der Waals surface area contributed by atoms with E-state index < -0.39 is 0 Å². The van der Waals surface area contributed by atoms with Gasteiger partial charge in [-0.05, 0) is 36.2 Å². The van der Waals surface area contributed by atoms with Gasteiger partial charge in [0, 0.05) is 65.1 Å². The van der Waals surface area contributed by atoms with E-state index in [0.29, 0.717) is 6.04 Å². The van der Waals surface area contributed by atoms with Gasteiger partial charge >= 0.3 is 0 Å². The summed E-state index contributed by atoms with van der Waals surface area (Å²) in [5.41, 5.74) is 4.31. The molecule has 0 bridgehead atoms. The Morgan fingerprint density at radius 3 is 2.64 bits per heavy atom. The van der Waals surface area contributed by atoms with Crippen molar-refractivity contribution in [2.45, 2.75) is 25.9 Å². The Morgan fingerprint density at radius 1 is 1.18 bits per heavy atom. The smallest absolute Gasteiger partial charge is 0.0477 e. The van der Waals surface area contributed by atoms with Crippen molar-refractivity contribution < 1.29 is 0 Å². The van der Waals surface area contributed by atoms with E-state index in [-0.39, 0.29) is 0 Å². The summed E-state index contributed by atoms with van der Waals surface area (Å²) in [4.78, 5) is 7.46. The number of hydrogen-bond donors (Lipinski definition) is 1. The van der Waals surface area contributed by atoms with Crippen molar-refractivity contribution >= 4 is 5.69 Å².